The van der Waals surface area contributed by atoms with Crippen molar-refractivity contribution in [3.8, 4) is 0 Å². The van der Waals surface area contributed by atoms with E-state index in [1.54, 1.807) is 11.3 Å². The number of carbonyl (C=O) groups is 1. The van der Waals surface area contributed by atoms with Crippen LogP contribution in [0.15, 0.2) is 16.8 Å². The molecular weight excluding hydrogens is 364 g/mol. The molecule has 26 heavy (non-hydrogen) atoms. The van der Waals surface area contributed by atoms with Crippen molar-refractivity contribution in [1.82, 2.24) is 10.2 Å². The number of nitrogens with zero attached hydrogens (tertiary/aromatic N) is 1. The van der Waals surface area contributed by atoms with Crippen LogP contribution in [0.4, 0.5) is 0 Å². The Kier molecular flexibility index (Phi) is 4.80. The van der Waals surface area contributed by atoms with Gasteiger partial charge in [0.1, 0.15) is 0 Å². The number of nitrogens with one attached hydrogen (secondary N) is 1. The molecule has 6 heteroatoms. The van der Waals surface area contributed by atoms with Crippen LogP contribution in [0.3, 0.4) is 0 Å². The maximum atomic E-state index is 12.3. The van der Waals surface area contributed by atoms with E-state index in [4.69, 9.17) is 4.74 Å². The van der Waals surface area contributed by atoms with Crippen LogP contribution < -0.4 is 5.32 Å². The first-order chi connectivity index (χ1) is 12.7. The van der Waals surface area contributed by atoms with Gasteiger partial charge in [0.25, 0.3) is 0 Å². The lowest BCUT2D eigenvalue weighted by atomic mass is 9.73. The summed E-state index contributed by atoms with van der Waals surface area (Å²) in [4.78, 5) is 15.0. The zero-order chi connectivity index (χ0) is 17.6. The van der Waals surface area contributed by atoms with Crippen LogP contribution in [0, 0.1) is 11.8 Å². The van der Waals surface area contributed by atoms with E-state index >= 15 is 0 Å². The third kappa shape index (κ3) is 3.13. The van der Waals surface area contributed by atoms with E-state index in [1.807, 2.05) is 11.4 Å². The number of amides is 1. The molecular formula is C20H28N2O2S2. The van der Waals surface area contributed by atoms with Crippen molar-refractivity contribution < 1.29 is 9.53 Å². The van der Waals surface area contributed by atoms with Gasteiger partial charge in [-0.05, 0) is 59.6 Å². The molecule has 0 aromatic carbocycles. The van der Waals surface area contributed by atoms with Gasteiger partial charge < -0.3 is 10.1 Å². The molecule has 4 fully saturated rings. The predicted molar refractivity (Wildman–Crippen MR) is 107 cm³/mol. The smallest absolute Gasteiger partial charge is 0.224 e. The fraction of sp³-hybridized carbons (Fsp3) is 0.750. The van der Waals surface area contributed by atoms with Gasteiger partial charge in [0.15, 0.2) is 0 Å². The third-order valence-corrected chi connectivity index (χ3v) is 8.78. The van der Waals surface area contributed by atoms with Crippen molar-refractivity contribution in [3.05, 3.63) is 22.4 Å². The Morgan fingerprint density at radius 2 is 2.23 bits per heavy atom. The Labute approximate surface area is 164 Å². The molecule has 0 aliphatic carbocycles. The number of thioether (sulfide) groups is 1. The van der Waals surface area contributed by atoms with E-state index in [9.17, 15) is 4.79 Å². The van der Waals surface area contributed by atoms with E-state index in [1.165, 1.54) is 43.7 Å². The molecule has 4 aliphatic heterocycles. The van der Waals surface area contributed by atoms with Gasteiger partial charge in [-0.15, -0.1) is 0 Å². The highest BCUT2D eigenvalue weighted by Gasteiger charge is 2.63. The number of thiophene rings is 1. The average Bonchev–Trinajstić information content (AvgIpc) is 3.42. The minimum atomic E-state index is 0.0952. The SMILES string of the molecule is O=C(Cc1ccsc1)NC[C@H]1[C@H]2CN(C3CCSCC3)C[C@]23CC[C@H]1O3. The quantitative estimate of drug-likeness (QED) is 0.837. The summed E-state index contributed by atoms with van der Waals surface area (Å²) in [5.74, 6) is 3.88. The normalized spacial score (nSPS) is 37.2. The Balaban J connectivity index is 1.21. The second-order valence-electron chi connectivity index (χ2n) is 8.42. The van der Waals surface area contributed by atoms with E-state index in [0.717, 1.165) is 24.7 Å². The fourth-order valence-corrected chi connectivity index (χ4v) is 7.45. The number of likely N-dealkylation sites (tertiary alicyclic amines) is 1. The monoisotopic (exact) mass is 392 g/mol. The number of hydrogen-bond acceptors (Lipinski definition) is 5. The number of carbonyl (C=O) groups excluding carboxylic acids is 1. The summed E-state index contributed by atoms with van der Waals surface area (Å²) < 4.78 is 6.56. The van der Waals surface area contributed by atoms with Gasteiger partial charge in [0.05, 0.1) is 18.1 Å². The van der Waals surface area contributed by atoms with Gasteiger partial charge in [0, 0.05) is 37.5 Å². The Morgan fingerprint density at radius 1 is 1.35 bits per heavy atom. The third-order valence-electron chi connectivity index (χ3n) is 7.00. The molecule has 1 aromatic rings. The predicted octanol–water partition coefficient (Wildman–Crippen LogP) is 2.78. The summed E-state index contributed by atoms with van der Waals surface area (Å²) in [6.07, 6.45) is 5.93. The Bertz CT molecular complexity index is 646. The van der Waals surface area contributed by atoms with Crippen LogP contribution in [-0.2, 0) is 16.0 Å². The molecule has 2 bridgehead atoms. The summed E-state index contributed by atoms with van der Waals surface area (Å²) in [5.41, 5.74) is 1.22. The van der Waals surface area contributed by atoms with Crippen molar-refractivity contribution >= 4 is 29.0 Å². The minimum absolute atomic E-state index is 0.0952. The van der Waals surface area contributed by atoms with Gasteiger partial charge in [-0.1, -0.05) is 0 Å². The number of hydrogen-bond donors (Lipinski definition) is 1. The summed E-state index contributed by atoms with van der Waals surface area (Å²) >= 11 is 3.75. The molecule has 142 valence electrons. The average molecular weight is 393 g/mol. The van der Waals surface area contributed by atoms with Gasteiger partial charge in [-0.3, -0.25) is 9.69 Å². The van der Waals surface area contributed by atoms with E-state index < -0.39 is 0 Å². The Morgan fingerprint density at radius 3 is 3.04 bits per heavy atom. The van der Waals surface area contributed by atoms with E-state index in [2.05, 4.69) is 27.4 Å². The molecule has 1 N–H and O–H groups in total. The van der Waals surface area contributed by atoms with Crippen LogP contribution in [0.5, 0.6) is 0 Å². The molecule has 1 spiro atoms. The van der Waals surface area contributed by atoms with Crippen molar-refractivity contribution in [2.75, 3.05) is 31.1 Å². The van der Waals surface area contributed by atoms with Gasteiger partial charge in [-0.25, -0.2) is 0 Å². The highest BCUT2D eigenvalue weighted by molar-refractivity contribution is 7.99. The molecule has 0 saturated carbocycles. The zero-order valence-corrected chi connectivity index (χ0v) is 16.8. The highest BCUT2D eigenvalue weighted by Crippen LogP contribution is 2.55. The van der Waals surface area contributed by atoms with Gasteiger partial charge in [0.2, 0.25) is 5.91 Å². The first-order valence-electron chi connectivity index (χ1n) is 10.0. The summed E-state index contributed by atoms with van der Waals surface area (Å²) in [6.45, 7) is 3.09. The summed E-state index contributed by atoms with van der Waals surface area (Å²) in [7, 11) is 0. The maximum absolute atomic E-state index is 12.3. The fourth-order valence-electron chi connectivity index (χ4n) is 5.70. The lowest BCUT2D eigenvalue weighted by Gasteiger charge is -2.32. The van der Waals surface area contributed by atoms with Crippen LogP contribution in [-0.4, -0.2) is 59.7 Å². The van der Waals surface area contributed by atoms with E-state index in [-0.39, 0.29) is 11.5 Å². The molecule has 5 heterocycles. The number of rotatable bonds is 5. The largest absolute Gasteiger partial charge is 0.370 e. The molecule has 4 saturated heterocycles. The van der Waals surface area contributed by atoms with E-state index in [0.29, 0.717) is 24.4 Å². The van der Waals surface area contributed by atoms with Crippen LogP contribution in [0.2, 0.25) is 0 Å². The highest BCUT2D eigenvalue weighted by atomic mass is 32.2. The van der Waals surface area contributed by atoms with Crippen LogP contribution >= 0.6 is 23.1 Å². The molecule has 4 aliphatic rings. The minimum Gasteiger partial charge on any atom is -0.370 e. The second-order valence-corrected chi connectivity index (χ2v) is 10.4. The molecule has 0 unspecified atom stereocenters. The van der Waals surface area contributed by atoms with Gasteiger partial charge >= 0.3 is 0 Å². The molecule has 1 amide bonds. The molecule has 4 atom stereocenters. The van der Waals surface area contributed by atoms with Crippen molar-refractivity contribution in [3.63, 3.8) is 0 Å². The van der Waals surface area contributed by atoms with Crippen molar-refractivity contribution in [1.29, 1.82) is 0 Å². The first kappa shape index (κ1) is 17.5. The molecule has 4 nitrogen and oxygen atoms in total. The summed E-state index contributed by atoms with van der Waals surface area (Å²) in [6, 6.07) is 2.80. The van der Waals surface area contributed by atoms with Crippen molar-refractivity contribution in [2.45, 2.75) is 49.9 Å². The molecule has 1 aromatic heterocycles. The zero-order valence-electron chi connectivity index (χ0n) is 15.2. The van der Waals surface area contributed by atoms with Crippen LogP contribution in [0.1, 0.15) is 31.2 Å². The lowest BCUT2D eigenvalue weighted by molar-refractivity contribution is -0.120. The lowest BCUT2D eigenvalue weighted by Crippen LogP contribution is -2.42. The van der Waals surface area contributed by atoms with Crippen molar-refractivity contribution in [2.24, 2.45) is 11.8 Å². The standard InChI is InChI=1S/C20H28N2O2S2/c23-19(9-14-2-6-26-12-14)21-10-16-17-11-22(15-3-7-25-8-4-15)13-20(17)5-1-18(16)24-20/h2,6,12,15-18H,1,3-5,7-11,13H2,(H,21,23)/t16-,17+,18+,20+/m0/s1. The first-order valence-corrected chi connectivity index (χ1v) is 12.1. The topological polar surface area (TPSA) is 41.6 Å². The van der Waals surface area contributed by atoms with Crippen LogP contribution in [0.25, 0.3) is 0 Å². The second kappa shape index (κ2) is 7.12. The number of fused-ring (bicyclic) bond motifs is 1. The Hall–Kier alpha value is -0.560. The maximum Gasteiger partial charge on any atom is 0.224 e. The molecule has 5 rings (SSSR count). The summed E-state index contributed by atoms with van der Waals surface area (Å²) in [5, 5.41) is 7.31. The number of ether oxygens (including phenoxy) is 1. The van der Waals surface area contributed by atoms with Gasteiger partial charge in [-0.2, -0.15) is 23.1 Å². The molecule has 0 radical (unpaired) electrons.